The molecule has 0 aliphatic rings. The van der Waals surface area contributed by atoms with Gasteiger partial charge in [0.2, 0.25) is 0 Å². The van der Waals surface area contributed by atoms with Gasteiger partial charge in [-0.2, -0.15) is 8.42 Å². The van der Waals surface area contributed by atoms with E-state index in [-0.39, 0.29) is 10.5 Å². The fraction of sp³-hybridized carbons (Fsp3) is 0. The highest BCUT2D eigenvalue weighted by Gasteiger charge is 2.11. The molecule has 0 spiro atoms. The summed E-state index contributed by atoms with van der Waals surface area (Å²) in [6.07, 6.45) is 0. The van der Waals surface area contributed by atoms with Crippen LogP contribution in [0.15, 0.2) is 53.4 Å². The lowest BCUT2D eigenvalue weighted by Gasteiger charge is -2.08. The molecule has 0 fully saturated rings. The largest absolute Gasteiger partial charge is 0.478 e. The average molecular weight is 368 g/mol. The maximum Gasteiger partial charge on any atom is 0.335 e. The molecule has 5 nitrogen and oxygen atoms in total. The molecule has 0 bridgehead atoms. The maximum absolute atomic E-state index is 11.0. The third kappa shape index (κ3) is 4.17. The zero-order chi connectivity index (χ0) is 17.2. The summed E-state index contributed by atoms with van der Waals surface area (Å²) in [5.74, 6) is -1.02. The van der Waals surface area contributed by atoms with Crippen LogP contribution in [0.4, 0.5) is 0 Å². The molecule has 0 radical (unpaired) electrons. The van der Waals surface area contributed by atoms with E-state index < -0.39 is 16.1 Å². The van der Waals surface area contributed by atoms with Crippen LogP contribution < -0.4 is 0 Å². The number of hydrogen-bond donors (Lipinski definition) is 4. The van der Waals surface area contributed by atoms with Gasteiger partial charge in [0.25, 0.3) is 10.1 Å². The zero-order valence-corrected chi connectivity index (χ0v) is 14.1. The summed E-state index contributed by atoms with van der Waals surface area (Å²) in [5, 5.41) is 8.88. The van der Waals surface area contributed by atoms with Crippen LogP contribution in [0.2, 0.25) is 0 Å². The molecule has 0 amide bonds. The Labute approximate surface area is 144 Å². The molecule has 0 unspecified atom stereocenters. The average Bonchev–Trinajstić information content (AvgIpc) is 2.53. The first kappa shape index (κ1) is 17.6. The van der Waals surface area contributed by atoms with Gasteiger partial charge in [0.1, 0.15) is 0 Å². The maximum atomic E-state index is 11.0. The van der Waals surface area contributed by atoms with Crippen LogP contribution in [0, 0.1) is 0 Å². The van der Waals surface area contributed by atoms with Gasteiger partial charge in [-0.3, -0.25) is 4.55 Å². The lowest BCUT2D eigenvalue weighted by molar-refractivity contribution is 0.0697. The molecule has 23 heavy (non-hydrogen) atoms. The minimum atomic E-state index is -4.25. The first-order valence-electron chi connectivity index (χ1n) is 6.24. The molecule has 0 atom stereocenters. The number of carbonyl (C=O) groups is 1. The zero-order valence-electron chi connectivity index (χ0n) is 11.5. The topological polar surface area (TPSA) is 91.7 Å². The molecule has 0 saturated carbocycles. The predicted octanol–water partition coefficient (Wildman–Crippen LogP) is 3.32. The Morgan fingerprint density at radius 3 is 1.48 bits per heavy atom. The second-order valence-corrected chi connectivity index (χ2v) is 6.90. The van der Waals surface area contributed by atoms with E-state index in [1.54, 1.807) is 12.1 Å². The molecule has 8 heteroatoms. The predicted molar refractivity (Wildman–Crippen MR) is 94.4 cm³/mol. The van der Waals surface area contributed by atoms with Gasteiger partial charge in [-0.05, 0) is 35.4 Å². The molecule has 0 heterocycles. The van der Waals surface area contributed by atoms with Crippen LogP contribution in [-0.2, 0) is 10.1 Å². The summed E-state index contributed by atoms with van der Waals surface area (Å²) < 4.78 is 31.0. The van der Waals surface area contributed by atoms with E-state index in [9.17, 15) is 13.2 Å². The van der Waals surface area contributed by atoms with Crippen LogP contribution in [0.3, 0.4) is 0 Å². The summed E-state index contributed by atoms with van der Waals surface area (Å²) >= 11 is 8.76. The second-order valence-electron chi connectivity index (χ2n) is 4.58. The lowest BCUT2D eigenvalue weighted by atomic mass is 10.1. The first-order chi connectivity index (χ1) is 10.7. The van der Waals surface area contributed by atoms with E-state index >= 15 is 0 Å². The molecule has 0 aliphatic heterocycles. The van der Waals surface area contributed by atoms with E-state index in [4.69, 9.17) is 9.66 Å². The quantitative estimate of drug-likeness (QED) is 0.377. The molecule has 0 aliphatic carbocycles. The van der Waals surface area contributed by atoms with Gasteiger partial charge in [-0.15, -0.1) is 25.3 Å². The second kappa shape index (κ2) is 6.79. The van der Waals surface area contributed by atoms with Crippen molar-refractivity contribution >= 4 is 51.2 Å². The van der Waals surface area contributed by atoms with Crippen molar-refractivity contribution in [3.05, 3.63) is 65.2 Å². The summed E-state index contributed by atoms with van der Waals surface area (Å²) in [6, 6.07) is 11.6. The monoisotopic (exact) mass is 368 g/mol. The standard InChI is InChI=1S/C15H12O5S3/c16-15(17)11-3-1-9(2-4-11)13(21)14(22)10-5-7-12(8-6-10)23(18,19)20/h1-8,21-22H,(H,16,17)(H,18,19,20). The Morgan fingerprint density at radius 1 is 0.783 bits per heavy atom. The van der Waals surface area contributed by atoms with E-state index in [2.05, 4.69) is 25.3 Å². The Hall–Kier alpha value is -1.74. The number of carboxylic acids is 1. The first-order valence-corrected chi connectivity index (χ1v) is 8.57. The highest BCUT2D eigenvalue weighted by molar-refractivity contribution is 7.96. The van der Waals surface area contributed by atoms with Gasteiger partial charge in [-0.25, -0.2) is 4.79 Å². The van der Waals surface area contributed by atoms with Crippen molar-refractivity contribution in [2.24, 2.45) is 0 Å². The molecule has 2 N–H and O–H groups in total. The van der Waals surface area contributed by atoms with Gasteiger partial charge in [0.15, 0.2) is 0 Å². The van der Waals surface area contributed by atoms with Gasteiger partial charge in [0.05, 0.1) is 10.5 Å². The number of carboxylic acid groups (broad SMARTS) is 1. The van der Waals surface area contributed by atoms with Gasteiger partial charge in [-0.1, -0.05) is 24.3 Å². The Morgan fingerprint density at radius 2 is 1.13 bits per heavy atom. The molecule has 0 saturated heterocycles. The van der Waals surface area contributed by atoms with Crippen molar-refractivity contribution in [1.29, 1.82) is 0 Å². The van der Waals surface area contributed by atoms with E-state index in [1.165, 1.54) is 36.4 Å². The molecule has 2 aromatic rings. The highest BCUT2D eigenvalue weighted by Crippen LogP contribution is 2.32. The third-order valence-corrected chi connectivity index (χ3v) is 5.06. The van der Waals surface area contributed by atoms with E-state index in [0.29, 0.717) is 20.9 Å². The van der Waals surface area contributed by atoms with Crippen LogP contribution in [0.1, 0.15) is 21.5 Å². The van der Waals surface area contributed by atoms with Crippen molar-refractivity contribution in [3.8, 4) is 0 Å². The van der Waals surface area contributed by atoms with Crippen molar-refractivity contribution in [2.75, 3.05) is 0 Å². The SMILES string of the molecule is O=C(O)c1ccc(C(S)=C(S)c2ccc(S(=O)(=O)O)cc2)cc1. The fourth-order valence-corrected chi connectivity index (χ4v) is 2.87. The van der Waals surface area contributed by atoms with Gasteiger partial charge >= 0.3 is 5.97 Å². The molecule has 2 aromatic carbocycles. The van der Waals surface area contributed by atoms with Crippen molar-refractivity contribution in [1.82, 2.24) is 0 Å². The third-order valence-electron chi connectivity index (χ3n) is 3.06. The van der Waals surface area contributed by atoms with Crippen LogP contribution in [-0.4, -0.2) is 24.0 Å². The van der Waals surface area contributed by atoms with Gasteiger partial charge < -0.3 is 5.11 Å². The summed E-state index contributed by atoms with van der Waals surface area (Å²) in [4.78, 5) is 11.6. The van der Waals surface area contributed by atoms with Gasteiger partial charge in [0, 0.05) is 9.81 Å². The number of aromatic carboxylic acids is 1. The normalized spacial score (nSPS) is 12.7. The Kier molecular flexibility index (Phi) is 5.20. The molecular weight excluding hydrogens is 356 g/mol. The van der Waals surface area contributed by atoms with E-state index in [0.717, 1.165) is 0 Å². The van der Waals surface area contributed by atoms with Crippen molar-refractivity contribution in [2.45, 2.75) is 4.90 Å². The number of thiol groups is 2. The smallest absolute Gasteiger partial charge is 0.335 e. The lowest BCUT2D eigenvalue weighted by Crippen LogP contribution is -1.97. The molecule has 0 aromatic heterocycles. The summed E-state index contributed by atoms with van der Waals surface area (Å²) in [7, 11) is -4.25. The van der Waals surface area contributed by atoms with Crippen molar-refractivity contribution < 1.29 is 22.9 Å². The van der Waals surface area contributed by atoms with Crippen molar-refractivity contribution in [3.63, 3.8) is 0 Å². The molecular formula is C15H12O5S3. The minimum Gasteiger partial charge on any atom is -0.478 e. The van der Waals surface area contributed by atoms with Crippen LogP contribution in [0.25, 0.3) is 9.81 Å². The van der Waals surface area contributed by atoms with Crippen LogP contribution >= 0.6 is 25.3 Å². The number of rotatable bonds is 4. The molecule has 2 rings (SSSR count). The number of hydrogen-bond acceptors (Lipinski definition) is 5. The van der Waals surface area contributed by atoms with E-state index in [1.807, 2.05) is 0 Å². The van der Waals surface area contributed by atoms with Crippen LogP contribution in [0.5, 0.6) is 0 Å². The molecule has 120 valence electrons. The highest BCUT2D eigenvalue weighted by atomic mass is 32.2. The minimum absolute atomic E-state index is 0.160. The fourth-order valence-electron chi connectivity index (χ4n) is 1.83. The summed E-state index contributed by atoms with van der Waals surface area (Å²) in [5.41, 5.74) is 1.43. The number of benzene rings is 2. The Bertz CT molecular complexity index is 866. The Balaban J connectivity index is 2.38. The summed E-state index contributed by atoms with van der Waals surface area (Å²) in [6.45, 7) is 0.